The summed E-state index contributed by atoms with van der Waals surface area (Å²) in [6, 6.07) is 6.28. The van der Waals surface area contributed by atoms with Gasteiger partial charge in [-0.25, -0.2) is 0 Å². The fourth-order valence-electron chi connectivity index (χ4n) is 2.55. The van der Waals surface area contributed by atoms with E-state index in [9.17, 15) is 0 Å². The number of fused-ring (bicyclic) bond motifs is 1. The highest BCUT2D eigenvalue weighted by molar-refractivity contribution is 5.83. The van der Waals surface area contributed by atoms with Gasteiger partial charge in [-0.3, -0.25) is 4.68 Å². The van der Waals surface area contributed by atoms with Crippen LogP contribution in [-0.4, -0.2) is 34.9 Å². The first-order valence-corrected chi connectivity index (χ1v) is 8.28. The van der Waals surface area contributed by atoms with Gasteiger partial charge in [0.2, 0.25) is 0 Å². The standard InChI is InChI=1S/C18H29N3O/c1-6-7-10-20(4)12-17-16-11-15(22-13-14(2)3)8-9-18(16)21(5)19-17/h8-9,11,14H,6-7,10,12-13H2,1-5H3. The summed E-state index contributed by atoms with van der Waals surface area (Å²) in [5.41, 5.74) is 2.29. The van der Waals surface area contributed by atoms with Crippen LogP contribution in [0, 0.1) is 5.92 Å². The molecule has 122 valence electrons. The highest BCUT2D eigenvalue weighted by Crippen LogP contribution is 2.25. The third kappa shape index (κ3) is 4.23. The van der Waals surface area contributed by atoms with Gasteiger partial charge in [0.1, 0.15) is 5.75 Å². The maximum absolute atomic E-state index is 5.86. The van der Waals surface area contributed by atoms with Crippen LogP contribution in [-0.2, 0) is 13.6 Å². The van der Waals surface area contributed by atoms with Crippen LogP contribution < -0.4 is 4.74 Å². The first-order valence-electron chi connectivity index (χ1n) is 8.28. The molecule has 0 fully saturated rings. The monoisotopic (exact) mass is 303 g/mol. The molecule has 4 nitrogen and oxygen atoms in total. The van der Waals surface area contributed by atoms with Gasteiger partial charge in [0.15, 0.2) is 0 Å². The second-order valence-electron chi connectivity index (χ2n) is 6.55. The minimum absolute atomic E-state index is 0.532. The molecule has 0 spiro atoms. The number of rotatable bonds is 8. The van der Waals surface area contributed by atoms with Crippen molar-refractivity contribution >= 4 is 10.9 Å². The highest BCUT2D eigenvalue weighted by atomic mass is 16.5. The van der Waals surface area contributed by atoms with Gasteiger partial charge in [0.05, 0.1) is 17.8 Å². The molecule has 0 amide bonds. The normalized spacial score (nSPS) is 11.8. The SMILES string of the molecule is CCCCN(C)Cc1nn(C)c2ccc(OCC(C)C)cc12. The van der Waals surface area contributed by atoms with E-state index < -0.39 is 0 Å². The quantitative estimate of drug-likeness (QED) is 0.742. The lowest BCUT2D eigenvalue weighted by Gasteiger charge is -2.14. The Balaban J connectivity index is 2.20. The van der Waals surface area contributed by atoms with Crippen molar-refractivity contribution in [1.82, 2.24) is 14.7 Å². The number of hydrogen-bond donors (Lipinski definition) is 0. The lowest BCUT2D eigenvalue weighted by atomic mass is 10.2. The summed E-state index contributed by atoms with van der Waals surface area (Å²) in [6.07, 6.45) is 2.45. The fourth-order valence-corrected chi connectivity index (χ4v) is 2.55. The smallest absolute Gasteiger partial charge is 0.120 e. The van der Waals surface area contributed by atoms with Gasteiger partial charge in [-0.1, -0.05) is 27.2 Å². The number of hydrogen-bond acceptors (Lipinski definition) is 3. The third-order valence-electron chi connectivity index (χ3n) is 3.79. The van der Waals surface area contributed by atoms with E-state index in [-0.39, 0.29) is 0 Å². The molecule has 0 bridgehead atoms. The van der Waals surface area contributed by atoms with Crippen LogP contribution in [0.5, 0.6) is 5.75 Å². The number of unbranched alkanes of at least 4 members (excludes halogenated alkanes) is 1. The Bertz CT molecular complexity index is 604. The van der Waals surface area contributed by atoms with Crippen LogP contribution in [0.25, 0.3) is 10.9 Å². The van der Waals surface area contributed by atoms with E-state index in [2.05, 4.69) is 44.9 Å². The molecule has 0 N–H and O–H groups in total. The molecule has 1 aromatic heterocycles. The van der Waals surface area contributed by atoms with Gasteiger partial charge in [-0.2, -0.15) is 5.10 Å². The summed E-state index contributed by atoms with van der Waals surface area (Å²) in [7, 11) is 4.17. The summed E-state index contributed by atoms with van der Waals surface area (Å²) in [5.74, 6) is 1.47. The van der Waals surface area contributed by atoms with Crippen molar-refractivity contribution in [2.75, 3.05) is 20.2 Å². The Morgan fingerprint density at radius 2 is 2.09 bits per heavy atom. The van der Waals surface area contributed by atoms with Gasteiger partial charge in [-0.15, -0.1) is 0 Å². The second kappa shape index (κ2) is 7.63. The van der Waals surface area contributed by atoms with Crippen LogP contribution in [0.1, 0.15) is 39.3 Å². The van der Waals surface area contributed by atoms with Crippen molar-refractivity contribution in [3.8, 4) is 5.75 Å². The minimum atomic E-state index is 0.532. The molecule has 4 heteroatoms. The van der Waals surface area contributed by atoms with Crippen LogP contribution in [0.3, 0.4) is 0 Å². The number of aryl methyl sites for hydroxylation is 1. The molecular weight excluding hydrogens is 274 g/mol. The predicted octanol–water partition coefficient (Wildman–Crippen LogP) is 3.84. The summed E-state index contributed by atoms with van der Waals surface area (Å²) in [5, 5.41) is 5.89. The van der Waals surface area contributed by atoms with E-state index in [1.807, 2.05) is 17.8 Å². The molecule has 1 aromatic carbocycles. The number of benzene rings is 1. The molecule has 0 saturated heterocycles. The Hall–Kier alpha value is -1.55. The van der Waals surface area contributed by atoms with E-state index in [4.69, 9.17) is 9.84 Å². The maximum atomic E-state index is 5.86. The maximum Gasteiger partial charge on any atom is 0.120 e. The van der Waals surface area contributed by atoms with Crippen LogP contribution in [0.2, 0.25) is 0 Å². The van der Waals surface area contributed by atoms with Crippen molar-refractivity contribution in [2.24, 2.45) is 13.0 Å². The lowest BCUT2D eigenvalue weighted by molar-refractivity contribution is 0.271. The zero-order valence-corrected chi connectivity index (χ0v) is 14.6. The molecule has 1 heterocycles. The van der Waals surface area contributed by atoms with Crippen molar-refractivity contribution in [3.05, 3.63) is 23.9 Å². The highest BCUT2D eigenvalue weighted by Gasteiger charge is 2.12. The van der Waals surface area contributed by atoms with E-state index >= 15 is 0 Å². The zero-order chi connectivity index (χ0) is 16.1. The van der Waals surface area contributed by atoms with Crippen molar-refractivity contribution in [3.63, 3.8) is 0 Å². The van der Waals surface area contributed by atoms with Crippen LogP contribution in [0.15, 0.2) is 18.2 Å². The van der Waals surface area contributed by atoms with Crippen LogP contribution >= 0.6 is 0 Å². The van der Waals surface area contributed by atoms with Gasteiger partial charge >= 0.3 is 0 Å². The molecule has 0 aliphatic rings. The Labute approximate surface area is 134 Å². The predicted molar refractivity (Wildman–Crippen MR) is 92.3 cm³/mol. The van der Waals surface area contributed by atoms with E-state index in [0.717, 1.165) is 36.7 Å². The first kappa shape index (κ1) is 16.8. The number of nitrogens with zero attached hydrogens (tertiary/aromatic N) is 3. The molecule has 0 unspecified atom stereocenters. The fraction of sp³-hybridized carbons (Fsp3) is 0.611. The molecule has 0 atom stereocenters. The third-order valence-corrected chi connectivity index (χ3v) is 3.79. The average Bonchev–Trinajstić information content (AvgIpc) is 2.79. The molecule has 2 rings (SSSR count). The largest absolute Gasteiger partial charge is 0.493 e. The zero-order valence-electron chi connectivity index (χ0n) is 14.6. The minimum Gasteiger partial charge on any atom is -0.493 e. The Kier molecular flexibility index (Phi) is 5.83. The van der Waals surface area contributed by atoms with E-state index in [0.29, 0.717) is 5.92 Å². The first-order chi connectivity index (χ1) is 10.5. The number of ether oxygens (including phenoxy) is 1. The van der Waals surface area contributed by atoms with Gasteiger partial charge in [0, 0.05) is 19.0 Å². The second-order valence-corrected chi connectivity index (χ2v) is 6.55. The molecular formula is C18H29N3O. The molecule has 0 aliphatic carbocycles. The molecule has 0 aliphatic heterocycles. The van der Waals surface area contributed by atoms with Crippen LogP contribution in [0.4, 0.5) is 0 Å². The van der Waals surface area contributed by atoms with Gasteiger partial charge in [0.25, 0.3) is 0 Å². The summed E-state index contributed by atoms with van der Waals surface area (Å²) in [6.45, 7) is 9.29. The summed E-state index contributed by atoms with van der Waals surface area (Å²) in [4.78, 5) is 2.34. The Morgan fingerprint density at radius 3 is 2.77 bits per heavy atom. The topological polar surface area (TPSA) is 30.3 Å². The van der Waals surface area contributed by atoms with Crippen molar-refractivity contribution in [1.29, 1.82) is 0 Å². The summed E-state index contributed by atoms with van der Waals surface area (Å²) >= 11 is 0. The summed E-state index contributed by atoms with van der Waals surface area (Å²) < 4.78 is 7.82. The van der Waals surface area contributed by atoms with Gasteiger partial charge in [-0.05, 0) is 44.1 Å². The Morgan fingerprint density at radius 1 is 1.32 bits per heavy atom. The average molecular weight is 303 g/mol. The lowest BCUT2D eigenvalue weighted by Crippen LogP contribution is -2.19. The molecule has 2 aromatic rings. The van der Waals surface area contributed by atoms with Crippen molar-refractivity contribution < 1.29 is 4.74 Å². The molecule has 0 radical (unpaired) electrons. The van der Waals surface area contributed by atoms with E-state index in [1.165, 1.54) is 18.2 Å². The van der Waals surface area contributed by atoms with Gasteiger partial charge < -0.3 is 9.64 Å². The number of aromatic nitrogens is 2. The molecule has 0 saturated carbocycles. The van der Waals surface area contributed by atoms with Crippen molar-refractivity contribution in [2.45, 2.75) is 40.2 Å². The molecule has 22 heavy (non-hydrogen) atoms. The van der Waals surface area contributed by atoms with E-state index in [1.54, 1.807) is 0 Å².